The lowest BCUT2D eigenvalue weighted by Crippen LogP contribution is -2.34. The molecule has 2 heterocycles. The summed E-state index contributed by atoms with van der Waals surface area (Å²) in [5.41, 5.74) is 1.04. The predicted molar refractivity (Wildman–Crippen MR) is 72.2 cm³/mol. The zero-order chi connectivity index (χ0) is 14.8. The van der Waals surface area contributed by atoms with Crippen molar-refractivity contribution in [3.8, 4) is 0 Å². The van der Waals surface area contributed by atoms with Crippen molar-refractivity contribution < 1.29 is 18.8 Å². The Morgan fingerprint density at radius 3 is 3.05 bits per heavy atom. The minimum atomic E-state index is -0.612. The molecule has 7 nitrogen and oxygen atoms in total. The molecule has 0 spiro atoms. The van der Waals surface area contributed by atoms with Crippen LogP contribution in [0, 0.1) is 0 Å². The Kier molecular flexibility index (Phi) is 3.64. The molecule has 0 saturated carbocycles. The second-order valence-corrected chi connectivity index (χ2v) is 5.37. The van der Waals surface area contributed by atoms with Crippen molar-refractivity contribution in [1.29, 1.82) is 0 Å². The summed E-state index contributed by atoms with van der Waals surface area (Å²) in [4.78, 5) is 34.4. The zero-order valence-electron chi connectivity index (χ0n) is 11.5. The Morgan fingerprint density at radius 1 is 1.43 bits per heavy atom. The lowest BCUT2D eigenvalue weighted by molar-refractivity contribution is -0.122. The Hall–Kier alpha value is -2.31. The normalized spacial score (nSPS) is 24.2. The summed E-state index contributed by atoms with van der Waals surface area (Å²) in [7, 11) is 0. The third-order valence-electron chi connectivity index (χ3n) is 3.91. The SMILES string of the molecule is O=C(CC[C@@H]1NC(=O)NC1=O)N[C@H]1CCCc2occc21. The average Bonchev–Trinajstić information content (AvgIpc) is 3.03. The number of amides is 4. The standard InChI is InChI=1S/C14H17N3O4/c18-12(5-4-10-13(19)17-14(20)16-10)15-9-2-1-3-11-8(9)6-7-21-11/h6-7,9-10H,1-5H2,(H,15,18)(H2,16,17,19,20)/t9-,10-/m0/s1. The second kappa shape index (κ2) is 5.59. The summed E-state index contributed by atoms with van der Waals surface area (Å²) in [5.74, 6) is 0.444. The van der Waals surface area contributed by atoms with E-state index in [0.29, 0.717) is 6.42 Å². The van der Waals surface area contributed by atoms with Crippen molar-refractivity contribution in [3.63, 3.8) is 0 Å². The first kappa shape index (κ1) is 13.7. The van der Waals surface area contributed by atoms with Crippen LogP contribution in [0.2, 0.25) is 0 Å². The third-order valence-corrected chi connectivity index (χ3v) is 3.91. The van der Waals surface area contributed by atoms with Crippen LogP contribution >= 0.6 is 0 Å². The molecule has 1 aliphatic carbocycles. The van der Waals surface area contributed by atoms with Gasteiger partial charge in [0.15, 0.2) is 0 Å². The fourth-order valence-electron chi connectivity index (χ4n) is 2.84. The molecule has 2 aliphatic rings. The van der Waals surface area contributed by atoms with Crippen LogP contribution in [0.25, 0.3) is 0 Å². The van der Waals surface area contributed by atoms with Gasteiger partial charge in [-0.3, -0.25) is 14.9 Å². The average molecular weight is 291 g/mol. The van der Waals surface area contributed by atoms with Crippen LogP contribution in [0.15, 0.2) is 16.7 Å². The fraction of sp³-hybridized carbons (Fsp3) is 0.500. The molecule has 1 aromatic heterocycles. The number of carbonyl (C=O) groups is 3. The monoisotopic (exact) mass is 291 g/mol. The van der Waals surface area contributed by atoms with E-state index in [-0.39, 0.29) is 24.3 Å². The summed E-state index contributed by atoms with van der Waals surface area (Å²) >= 11 is 0. The van der Waals surface area contributed by atoms with Gasteiger partial charge in [-0.1, -0.05) is 0 Å². The molecule has 21 heavy (non-hydrogen) atoms. The van der Waals surface area contributed by atoms with Crippen LogP contribution in [0.3, 0.4) is 0 Å². The van der Waals surface area contributed by atoms with Crippen LogP contribution in [-0.2, 0) is 16.0 Å². The first-order valence-corrected chi connectivity index (χ1v) is 7.10. The van der Waals surface area contributed by atoms with E-state index < -0.39 is 12.1 Å². The van der Waals surface area contributed by atoms with Gasteiger partial charge in [-0.2, -0.15) is 0 Å². The number of imide groups is 1. The maximum Gasteiger partial charge on any atom is 0.322 e. The molecule has 1 aromatic rings. The molecule has 2 atom stereocenters. The maximum atomic E-state index is 12.0. The van der Waals surface area contributed by atoms with Gasteiger partial charge in [0, 0.05) is 18.4 Å². The quantitative estimate of drug-likeness (QED) is 0.713. The third kappa shape index (κ3) is 2.91. The summed E-state index contributed by atoms with van der Waals surface area (Å²) in [6.07, 6.45) is 4.92. The Morgan fingerprint density at radius 2 is 2.29 bits per heavy atom. The number of nitrogens with one attached hydrogen (secondary N) is 3. The van der Waals surface area contributed by atoms with Crippen molar-refractivity contribution in [1.82, 2.24) is 16.0 Å². The number of urea groups is 1. The molecule has 0 unspecified atom stereocenters. The summed E-state index contributed by atoms with van der Waals surface area (Å²) < 4.78 is 5.38. The summed E-state index contributed by atoms with van der Waals surface area (Å²) in [6.45, 7) is 0. The number of hydrogen-bond donors (Lipinski definition) is 3. The minimum absolute atomic E-state index is 0.0213. The van der Waals surface area contributed by atoms with Crippen molar-refractivity contribution >= 4 is 17.8 Å². The highest BCUT2D eigenvalue weighted by Crippen LogP contribution is 2.30. The number of rotatable bonds is 4. The van der Waals surface area contributed by atoms with Gasteiger partial charge in [-0.25, -0.2) is 4.79 Å². The molecule has 0 aromatic carbocycles. The van der Waals surface area contributed by atoms with E-state index in [1.165, 1.54) is 0 Å². The van der Waals surface area contributed by atoms with Crippen molar-refractivity contribution in [3.05, 3.63) is 23.7 Å². The Balaban J connectivity index is 1.51. The molecule has 7 heteroatoms. The Bertz CT molecular complexity index is 581. The lowest BCUT2D eigenvalue weighted by Gasteiger charge is -2.22. The van der Waals surface area contributed by atoms with E-state index in [0.717, 1.165) is 30.6 Å². The minimum Gasteiger partial charge on any atom is -0.469 e. The molecule has 4 amide bonds. The predicted octanol–water partition coefficient (Wildman–Crippen LogP) is 0.761. The zero-order valence-corrected chi connectivity index (χ0v) is 11.5. The van der Waals surface area contributed by atoms with E-state index in [1.54, 1.807) is 6.26 Å². The largest absolute Gasteiger partial charge is 0.469 e. The lowest BCUT2D eigenvalue weighted by atomic mass is 9.93. The highest BCUT2D eigenvalue weighted by atomic mass is 16.3. The summed E-state index contributed by atoms with van der Waals surface area (Å²) in [5, 5.41) is 7.60. The smallest absolute Gasteiger partial charge is 0.322 e. The molecular formula is C14H17N3O4. The van der Waals surface area contributed by atoms with Crippen LogP contribution in [-0.4, -0.2) is 23.9 Å². The number of furan rings is 1. The molecule has 3 N–H and O–H groups in total. The molecule has 112 valence electrons. The van der Waals surface area contributed by atoms with E-state index in [1.807, 2.05) is 6.07 Å². The van der Waals surface area contributed by atoms with Gasteiger partial charge in [0.2, 0.25) is 5.91 Å². The number of fused-ring (bicyclic) bond motifs is 1. The Labute approximate surface area is 121 Å². The van der Waals surface area contributed by atoms with Gasteiger partial charge < -0.3 is 15.1 Å². The van der Waals surface area contributed by atoms with Gasteiger partial charge in [0.05, 0.1) is 12.3 Å². The molecule has 1 fully saturated rings. The van der Waals surface area contributed by atoms with Gasteiger partial charge in [-0.05, 0) is 25.3 Å². The van der Waals surface area contributed by atoms with Crippen molar-refractivity contribution in [2.45, 2.75) is 44.2 Å². The number of carbonyl (C=O) groups excluding carboxylic acids is 3. The van der Waals surface area contributed by atoms with E-state index in [2.05, 4.69) is 16.0 Å². The second-order valence-electron chi connectivity index (χ2n) is 5.37. The maximum absolute atomic E-state index is 12.0. The number of aryl methyl sites for hydroxylation is 1. The number of hydrogen-bond acceptors (Lipinski definition) is 4. The highest BCUT2D eigenvalue weighted by molar-refractivity contribution is 6.04. The molecule has 0 radical (unpaired) electrons. The van der Waals surface area contributed by atoms with Crippen molar-refractivity contribution in [2.24, 2.45) is 0 Å². The van der Waals surface area contributed by atoms with E-state index in [9.17, 15) is 14.4 Å². The molecular weight excluding hydrogens is 274 g/mol. The first-order valence-electron chi connectivity index (χ1n) is 7.10. The van der Waals surface area contributed by atoms with Gasteiger partial charge in [-0.15, -0.1) is 0 Å². The van der Waals surface area contributed by atoms with Crippen LogP contribution in [0.1, 0.15) is 43.0 Å². The van der Waals surface area contributed by atoms with E-state index >= 15 is 0 Å². The van der Waals surface area contributed by atoms with Gasteiger partial charge >= 0.3 is 6.03 Å². The van der Waals surface area contributed by atoms with Gasteiger partial charge in [0.25, 0.3) is 5.91 Å². The van der Waals surface area contributed by atoms with Crippen LogP contribution < -0.4 is 16.0 Å². The van der Waals surface area contributed by atoms with Gasteiger partial charge in [0.1, 0.15) is 11.8 Å². The molecule has 0 bridgehead atoms. The molecule has 3 rings (SSSR count). The van der Waals surface area contributed by atoms with Crippen LogP contribution in [0.4, 0.5) is 4.79 Å². The first-order chi connectivity index (χ1) is 10.1. The molecule has 1 aliphatic heterocycles. The topological polar surface area (TPSA) is 100 Å². The van der Waals surface area contributed by atoms with Crippen molar-refractivity contribution in [2.75, 3.05) is 0 Å². The fourth-order valence-corrected chi connectivity index (χ4v) is 2.84. The van der Waals surface area contributed by atoms with E-state index in [4.69, 9.17) is 4.42 Å². The highest BCUT2D eigenvalue weighted by Gasteiger charge is 2.30. The molecule has 1 saturated heterocycles. The van der Waals surface area contributed by atoms with Crippen LogP contribution in [0.5, 0.6) is 0 Å². The summed E-state index contributed by atoms with van der Waals surface area (Å²) in [6, 6.07) is 0.760.